The van der Waals surface area contributed by atoms with Gasteiger partial charge in [-0.2, -0.15) is 0 Å². The summed E-state index contributed by atoms with van der Waals surface area (Å²) < 4.78 is 1.32. The van der Waals surface area contributed by atoms with Gasteiger partial charge in [0, 0.05) is 31.4 Å². The van der Waals surface area contributed by atoms with Crippen LogP contribution in [0.3, 0.4) is 0 Å². The van der Waals surface area contributed by atoms with Gasteiger partial charge in [0.1, 0.15) is 0 Å². The van der Waals surface area contributed by atoms with Gasteiger partial charge in [-0.3, -0.25) is 14.4 Å². The number of carboxylic acids is 1. The van der Waals surface area contributed by atoms with E-state index in [4.69, 9.17) is 5.11 Å². The van der Waals surface area contributed by atoms with E-state index >= 15 is 0 Å². The second kappa shape index (κ2) is 5.66. The third-order valence-corrected chi connectivity index (χ3v) is 2.53. The lowest BCUT2D eigenvalue weighted by atomic mass is 10.0. The molecule has 0 bridgehead atoms. The van der Waals surface area contributed by atoms with E-state index < -0.39 is 23.9 Å². The Bertz CT molecular complexity index is 547. The molecule has 7 heteroatoms. The second-order valence-corrected chi connectivity index (χ2v) is 4.61. The molecule has 0 aliphatic carbocycles. The van der Waals surface area contributed by atoms with Gasteiger partial charge >= 0.3 is 5.97 Å². The van der Waals surface area contributed by atoms with E-state index in [0.29, 0.717) is 0 Å². The van der Waals surface area contributed by atoms with Gasteiger partial charge in [0.05, 0.1) is 12.0 Å². The van der Waals surface area contributed by atoms with Crippen LogP contribution in [0.5, 0.6) is 0 Å². The third kappa shape index (κ3) is 4.55. The van der Waals surface area contributed by atoms with Gasteiger partial charge < -0.3 is 20.1 Å². The highest BCUT2D eigenvalue weighted by Gasteiger charge is 2.25. The highest BCUT2D eigenvalue weighted by Crippen LogP contribution is 2.07. The Morgan fingerprint density at radius 3 is 2.63 bits per heavy atom. The Morgan fingerprint density at radius 2 is 2.11 bits per heavy atom. The Labute approximate surface area is 109 Å². The Balaban J connectivity index is 2.67. The number of nitrogens with zero attached hydrogens (tertiary/aromatic N) is 1. The predicted molar refractivity (Wildman–Crippen MR) is 66.9 cm³/mol. The molecule has 7 nitrogen and oxygen atoms in total. The van der Waals surface area contributed by atoms with Gasteiger partial charge in [0.2, 0.25) is 0 Å². The predicted octanol–water partition coefficient (Wildman–Crippen LogP) is -0.659. The summed E-state index contributed by atoms with van der Waals surface area (Å²) in [7, 11) is 1.56. The fraction of sp³-hybridized carbons (Fsp3) is 0.417. The molecular formula is C12H16N2O5. The summed E-state index contributed by atoms with van der Waals surface area (Å²) in [5, 5.41) is 20.7. The minimum atomic E-state index is -1.54. The number of amides is 1. The topological polar surface area (TPSA) is 109 Å². The average molecular weight is 268 g/mol. The molecule has 1 rings (SSSR count). The van der Waals surface area contributed by atoms with Crippen LogP contribution in [0.1, 0.15) is 23.7 Å². The largest absolute Gasteiger partial charge is 0.481 e. The van der Waals surface area contributed by atoms with Gasteiger partial charge in [0.25, 0.3) is 11.5 Å². The van der Waals surface area contributed by atoms with Gasteiger partial charge in [-0.15, -0.1) is 0 Å². The number of aliphatic hydroxyl groups is 1. The number of nitrogens with one attached hydrogen (secondary N) is 1. The number of aromatic nitrogens is 1. The Hall–Kier alpha value is -2.15. The van der Waals surface area contributed by atoms with Crippen molar-refractivity contribution in [2.45, 2.75) is 18.9 Å². The number of carbonyl (C=O) groups is 2. The van der Waals surface area contributed by atoms with Crippen molar-refractivity contribution in [3.8, 4) is 0 Å². The summed E-state index contributed by atoms with van der Waals surface area (Å²) >= 11 is 0. The molecule has 1 heterocycles. The number of hydrogen-bond acceptors (Lipinski definition) is 4. The zero-order valence-electron chi connectivity index (χ0n) is 10.7. The molecule has 0 fully saturated rings. The van der Waals surface area contributed by atoms with Gasteiger partial charge in [-0.25, -0.2) is 0 Å². The fourth-order valence-corrected chi connectivity index (χ4v) is 1.45. The summed E-state index contributed by atoms with van der Waals surface area (Å²) in [6.45, 7) is 1.10. The minimum Gasteiger partial charge on any atom is -0.481 e. The molecular weight excluding hydrogens is 252 g/mol. The summed E-state index contributed by atoms with van der Waals surface area (Å²) in [6.07, 6.45) is 0.969. The van der Waals surface area contributed by atoms with Crippen molar-refractivity contribution in [3.05, 3.63) is 34.2 Å². The molecule has 0 saturated heterocycles. The number of carbonyl (C=O) groups excluding carboxylic acids is 1. The molecule has 1 unspecified atom stereocenters. The number of aryl methyl sites for hydroxylation is 1. The summed E-state index contributed by atoms with van der Waals surface area (Å²) in [6, 6.07) is 2.63. The fourth-order valence-electron chi connectivity index (χ4n) is 1.45. The monoisotopic (exact) mass is 268 g/mol. The normalized spacial score (nSPS) is 13.6. The number of carboxylic acid groups (broad SMARTS) is 1. The van der Waals surface area contributed by atoms with Crippen molar-refractivity contribution in [3.63, 3.8) is 0 Å². The molecule has 0 radical (unpaired) electrons. The SMILES string of the molecule is Cn1ccc(C(=O)NCC(C)(O)CC(=O)O)cc1=O. The zero-order chi connectivity index (χ0) is 14.6. The number of pyridine rings is 1. The lowest BCUT2D eigenvalue weighted by molar-refractivity contribution is -0.141. The first-order chi connectivity index (χ1) is 8.71. The van der Waals surface area contributed by atoms with Crippen LogP contribution in [0.25, 0.3) is 0 Å². The van der Waals surface area contributed by atoms with Crippen LogP contribution in [-0.2, 0) is 11.8 Å². The van der Waals surface area contributed by atoms with Crippen LogP contribution in [0, 0.1) is 0 Å². The summed E-state index contributed by atoms with van der Waals surface area (Å²) in [5.41, 5.74) is -1.71. The molecule has 3 N–H and O–H groups in total. The van der Waals surface area contributed by atoms with E-state index in [0.717, 1.165) is 0 Å². The maximum atomic E-state index is 11.7. The van der Waals surface area contributed by atoms with Crippen LogP contribution in [0.15, 0.2) is 23.1 Å². The molecule has 1 aromatic rings. The van der Waals surface area contributed by atoms with Gasteiger partial charge in [-0.05, 0) is 13.0 Å². The van der Waals surface area contributed by atoms with E-state index in [2.05, 4.69) is 5.32 Å². The number of hydrogen-bond donors (Lipinski definition) is 3. The minimum absolute atomic E-state index is 0.161. The molecule has 1 amide bonds. The van der Waals surface area contributed by atoms with Crippen molar-refractivity contribution in [1.82, 2.24) is 9.88 Å². The molecule has 0 spiro atoms. The molecule has 19 heavy (non-hydrogen) atoms. The maximum absolute atomic E-state index is 11.7. The Kier molecular flexibility index (Phi) is 4.44. The average Bonchev–Trinajstić information content (AvgIpc) is 2.28. The lowest BCUT2D eigenvalue weighted by Crippen LogP contribution is -2.42. The molecule has 0 aliphatic heterocycles. The second-order valence-electron chi connectivity index (χ2n) is 4.61. The number of aliphatic carboxylic acids is 1. The molecule has 1 atom stereocenters. The quantitative estimate of drug-likeness (QED) is 0.657. The van der Waals surface area contributed by atoms with Crippen molar-refractivity contribution >= 4 is 11.9 Å². The van der Waals surface area contributed by atoms with Crippen LogP contribution in [0.2, 0.25) is 0 Å². The zero-order valence-corrected chi connectivity index (χ0v) is 10.7. The first kappa shape index (κ1) is 14.9. The first-order valence-corrected chi connectivity index (χ1v) is 5.60. The molecule has 0 aliphatic rings. The molecule has 1 aromatic heterocycles. The summed E-state index contributed by atoms with van der Waals surface area (Å²) in [5.74, 6) is -1.70. The van der Waals surface area contributed by atoms with E-state index in [1.807, 2.05) is 0 Å². The van der Waals surface area contributed by atoms with E-state index in [1.165, 1.54) is 29.8 Å². The van der Waals surface area contributed by atoms with E-state index in [1.54, 1.807) is 7.05 Å². The molecule has 104 valence electrons. The van der Waals surface area contributed by atoms with Crippen molar-refractivity contribution in [1.29, 1.82) is 0 Å². The van der Waals surface area contributed by atoms with Crippen molar-refractivity contribution in [2.75, 3.05) is 6.54 Å². The Morgan fingerprint density at radius 1 is 1.47 bits per heavy atom. The highest BCUT2D eigenvalue weighted by molar-refractivity contribution is 5.94. The standard InChI is InChI=1S/C12H16N2O5/c1-12(19,6-10(16)17)7-13-11(18)8-3-4-14(2)9(15)5-8/h3-5,19H,6-7H2,1-2H3,(H,13,18)(H,16,17). The van der Waals surface area contributed by atoms with E-state index in [-0.39, 0.29) is 17.7 Å². The van der Waals surface area contributed by atoms with Crippen molar-refractivity contribution in [2.24, 2.45) is 7.05 Å². The maximum Gasteiger partial charge on any atom is 0.306 e. The van der Waals surface area contributed by atoms with Crippen LogP contribution < -0.4 is 10.9 Å². The van der Waals surface area contributed by atoms with Gasteiger partial charge in [-0.1, -0.05) is 0 Å². The summed E-state index contributed by atoms with van der Waals surface area (Å²) in [4.78, 5) is 33.6. The first-order valence-electron chi connectivity index (χ1n) is 5.60. The van der Waals surface area contributed by atoms with Crippen LogP contribution >= 0.6 is 0 Å². The number of rotatable bonds is 5. The molecule has 0 saturated carbocycles. The van der Waals surface area contributed by atoms with Crippen LogP contribution in [-0.4, -0.2) is 38.8 Å². The lowest BCUT2D eigenvalue weighted by Gasteiger charge is -2.21. The van der Waals surface area contributed by atoms with E-state index in [9.17, 15) is 19.5 Å². The van der Waals surface area contributed by atoms with Crippen molar-refractivity contribution < 1.29 is 19.8 Å². The van der Waals surface area contributed by atoms with Gasteiger partial charge in [0.15, 0.2) is 0 Å². The van der Waals surface area contributed by atoms with Crippen LogP contribution in [0.4, 0.5) is 0 Å². The smallest absolute Gasteiger partial charge is 0.306 e. The highest BCUT2D eigenvalue weighted by atomic mass is 16.4. The molecule has 0 aromatic carbocycles. The third-order valence-electron chi connectivity index (χ3n) is 2.53.